The number of aromatic hydroxyl groups is 1. The summed E-state index contributed by atoms with van der Waals surface area (Å²) in [5.74, 6) is 1.42. The minimum atomic E-state index is -0.345. The first-order valence-electron chi connectivity index (χ1n) is 10.7. The number of carbonyl (C=O) groups is 1. The number of amides is 1. The Labute approximate surface area is 174 Å². The van der Waals surface area contributed by atoms with Gasteiger partial charge in [0.25, 0.3) is 0 Å². The van der Waals surface area contributed by atoms with E-state index in [1.807, 2.05) is 32.3 Å². The molecule has 1 aromatic carbocycles. The maximum atomic E-state index is 12.8. The maximum Gasteiger partial charge on any atom is 0.230 e. The lowest BCUT2D eigenvalue weighted by Crippen LogP contribution is -2.53. The molecule has 2 fully saturated rings. The average molecular weight is 402 g/mol. The van der Waals surface area contributed by atoms with E-state index in [1.165, 1.54) is 0 Å². The van der Waals surface area contributed by atoms with E-state index in [0.717, 1.165) is 70.1 Å². The van der Waals surface area contributed by atoms with E-state index in [-0.39, 0.29) is 11.3 Å². The van der Waals surface area contributed by atoms with E-state index < -0.39 is 0 Å². The summed E-state index contributed by atoms with van der Waals surface area (Å²) >= 11 is 0. The second-order valence-electron chi connectivity index (χ2n) is 8.32. The number of aliphatic imine (C=N–C) groups is 1. The largest absolute Gasteiger partial charge is 0.506 e. The molecule has 0 radical (unpaired) electrons. The second kappa shape index (κ2) is 9.37. The van der Waals surface area contributed by atoms with Gasteiger partial charge in [0.15, 0.2) is 5.96 Å². The summed E-state index contributed by atoms with van der Waals surface area (Å²) in [4.78, 5) is 24.0. The minimum Gasteiger partial charge on any atom is -0.506 e. The zero-order chi connectivity index (χ0) is 20.9. The summed E-state index contributed by atoms with van der Waals surface area (Å²) in [5.41, 5.74) is 0.539. The Balaban J connectivity index is 1.68. The maximum absolute atomic E-state index is 12.8. The fourth-order valence-corrected chi connectivity index (χ4v) is 4.51. The first-order valence-corrected chi connectivity index (χ1v) is 10.7. The molecule has 1 aliphatic carbocycles. The molecule has 1 heterocycles. The van der Waals surface area contributed by atoms with Crippen LogP contribution in [0, 0.1) is 5.41 Å². The predicted molar refractivity (Wildman–Crippen MR) is 117 cm³/mol. The fraction of sp³-hybridized carbons (Fsp3) is 0.636. The fourth-order valence-electron chi connectivity index (χ4n) is 4.51. The van der Waals surface area contributed by atoms with Gasteiger partial charge < -0.3 is 25.1 Å². The number of phenols is 1. The Kier molecular flexibility index (Phi) is 6.87. The molecule has 0 bridgehead atoms. The lowest BCUT2D eigenvalue weighted by molar-refractivity contribution is -0.138. The van der Waals surface area contributed by atoms with Crippen LogP contribution in [0.15, 0.2) is 29.3 Å². The number of phenolic OH excluding ortho intramolecular Hbond substituents is 1. The molecule has 1 saturated carbocycles. The third-order valence-electron chi connectivity index (χ3n) is 6.09. The molecule has 7 heteroatoms. The number of piperazine rings is 1. The lowest BCUT2D eigenvalue weighted by atomic mass is 9.85. The van der Waals surface area contributed by atoms with Crippen molar-refractivity contribution in [2.75, 3.05) is 58.3 Å². The zero-order valence-corrected chi connectivity index (χ0v) is 18.0. The number of anilines is 1. The van der Waals surface area contributed by atoms with Crippen LogP contribution in [0.4, 0.5) is 5.69 Å². The SMILES string of the molecule is CCNC(=NCC1(C(=O)N(C)C)CCCC1)N1CCN(c2ccccc2O)CC1. The smallest absolute Gasteiger partial charge is 0.230 e. The molecule has 1 aromatic rings. The van der Waals surface area contributed by atoms with Crippen molar-refractivity contribution in [1.29, 1.82) is 0 Å². The molecule has 0 aromatic heterocycles. The number of nitrogens with one attached hydrogen (secondary N) is 1. The van der Waals surface area contributed by atoms with Crippen molar-refractivity contribution in [2.45, 2.75) is 32.6 Å². The summed E-state index contributed by atoms with van der Waals surface area (Å²) in [6.07, 6.45) is 4.05. The Bertz CT molecular complexity index is 720. The summed E-state index contributed by atoms with van der Waals surface area (Å²) in [6, 6.07) is 7.49. The number of benzene rings is 1. The minimum absolute atomic E-state index is 0.207. The van der Waals surface area contributed by atoms with Gasteiger partial charge in [-0.2, -0.15) is 0 Å². The van der Waals surface area contributed by atoms with Gasteiger partial charge in [0.2, 0.25) is 5.91 Å². The Hall–Kier alpha value is -2.44. The molecule has 7 nitrogen and oxygen atoms in total. The summed E-state index contributed by atoms with van der Waals surface area (Å²) in [7, 11) is 3.69. The van der Waals surface area contributed by atoms with Gasteiger partial charge >= 0.3 is 0 Å². The third-order valence-corrected chi connectivity index (χ3v) is 6.09. The number of hydrogen-bond donors (Lipinski definition) is 2. The second-order valence-corrected chi connectivity index (χ2v) is 8.32. The number of carbonyl (C=O) groups excluding carboxylic acids is 1. The van der Waals surface area contributed by atoms with Crippen LogP contribution < -0.4 is 10.2 Å². The average Bonchev–Trinajstić information content (AvgIpc) is 3.21. The van der Waals surface area contributed by atoms with Crippen LogP contribution in [0.3, 0.4) is 0 Å². The van der Waals surface area contributed by atoms with E-state index in [4.69, 9.17) is 4.99 Å². The van der Waals surface area contributed by atoms with Gasteiger partial charge in [0, 0.05) is 46.8 Å². The van der Waals surface area contributed by atoms with Gasteiger partial charge in [-0.1, -0.05) is 25.0 Å². The molecule has 2 aliphatic rings. The normalized spacial score (nSPS) is 19.3. The highest BCUT2D eigenvalue weighted by Crippen LogP contribution is 2.39. The zero-order valence-electron chi connectivity index (χ0n) is 18.0. The molecule has 160 valence electrons. The number of guanidine groups is 1. The van der Waals surface area contributed by atoms with Crippen molar-refractivity contribution in [1.82, 2.24) is 15.1 Å². The molecular formula is C22H35N5O2. The highest BCUT2D eigenvalue weighted by molar-refractivity contribution is 5.84. The van der Waals surface area contributed by atoms with Gasteiger partial charge in [-0.05, 0) is 31.9 Å². The molecule has 1 amide bonds. The van der Waals surface area contributed by atoms with Crippen LogP contribution in [-0.4, -0.2) is 80.1 Å². The Morgan fingerprint density at radius 3 is 2.41 bits per heavy atom. The van der Waals surface area contributed by atoms with Crippen molar-refractivity contribution in [3.8, 4) is 5.75 Å². The first kappa shape index (κ1) is 21.3. The van der Waals surface area contributed by atoms with E-state index in [0.29, 0.717) is 12.3 Å². The number of nitrogens with zero attached hydrogens (tertiary/aromatic N) is 4. The molecular weight excluding hydrogens is 366 g/mol. The van der Waals surface area contributed by atoms with Crippen LogP contribution in [0.2, 0.25) is 0 Å². The summed E-state index contributed by atoms with van der Waals surface area (Å²) in [6.45, 7) is 6.72. The number of para-hydroxylation sites is 2. The van der Waals surface area contributed by atoms with Crippen molar-refractivity contribution in [3.63, 3.8) is 0 Å². The first-order chi connectivity index (χ1) is 14.0. The number of hydrogen-bond acceptors (Lipinski definition) is 4. The van der Waals surface area contributed by atoms with E-state index in [9.17, 15) is 9.90 Å². The van der Waals surface area contributed by atoms with Crippen LogP contribution in [0.1, 0.15) is 32.6 Å². The molecule has 1 aliphatic heterocycles. The topological polar surface area (TPSA) is 71.4 Å². The Morgan fingerprint density at radius 2 is 1.83 bits per heavy atom. The molecule has 2 N–H and O–H groups in total. The summed E-state index contributed by atoms with van der Waals surface area (Å²) in [5, 5.41) is 13.5. The van der Waals surface area contributed by atoms with Crippen molar-refractivity contribution in [3.05, 3.63) is 24.3 Å². The molecule has 29 heavy (non-hydrogen) atoms. The predicted octanol–water partition coefficient (Wildman–Crippen LogP) is 2.13. The van der Waals surface area contributed by atoms with Crippen LogP contribution in [-0.2, 0) is 4.79 Å². The van der Waals surface area contributed by atoms with Crippen LogP contribution >= 0.6 is 0 Å². The lowest BCUT2D eigenvalue weighted by Gasteiger charge is -2.38. The monoisotopic (exact) mass is 401 g/mol. The molecule has 0 atom stereocenters. The van der Waals surface area contributed by atoms with Crippen molar-refractivity contribution in [2.24, 2.45) is 10.4 Å². The van der Waals surface area contributed by atoms with Gasteiger partial charge in [-0.15, -0.1) is 0 Å². The van der Waals surface area contributed by atoms with E-state index in [2.05, 4.69) is 22.0 Å². The molecule has 1 saturated heterocycles. The molecule has 3 rings (SSSR count). The third kappa shape index (κ3) is 4.77. The summed E-state index contributed by atoms with van der Waals surface area (Å²) < 4.78 is 0. The Morgan fingerprint density at radius 1 is 1.17 bits per heavy atom. The molecule has 0 spiro atoms. The van der Waals surface area contributed by atoms with Crippen molar-refractivity contribution >= 4 is 17.6 Å². The van der Waals surface area contributed by atoms with Crippen LogP contribution in [0.5, 0.6) is 5.75 Å². The standard InChI is InChI=1S/C22H35N5O2/c1-4-23-21(24-17-22(11-7-8-12-22)20(29)25(2)3)27-15-13-26(14-16-27)18-9-5-6-10-19(18)28/h5-6,9-10,28H,4,7-8,11-17H2,1-3H3,(H,23,24). The highest BCUT2D eigenvalue weighted by atomic mass is 16.3. The molecule has 0 unspecified atom stereocenters. The van der Waals surface area contributed by atoms with Gasteiger partial charge in [0.1, 0.15) is 5.75 Å². The van der Waals surface area contributed by atoms with Crippen LogP contribution in [0.25, 0.3) is 0 Å². The number of rotatable bonds is 5. The van der Waals surface area contributed by atoms with Gasteiger partial charge in [-0.3, -0.25) is 9.79 Å². The van der Waals surface area contributed by atoms with Gasteiger partial charge in [-0.25, -0.2) is 0 Å². The van der Waals surface area contributed by atoms with Crippen molar-refractivity contribution < 1.29 is 9.90 Å². The van der Waals surface area contributed by atoms with E-state index in [1.54, 1.807) is 11.0 Å². The highest BCUT2D eigenvalue weighted by Gasteiger charge is 2.42. The van der Waals surface area contributed by atoms with E-state index >= 15 is 0 Å². The van der Waals surface area contributed by atoms with Gasteiger partial charge in [0.05, 0.1) is 17.6 Å². The quantitative estimate of drug-likeness (QED) is 0.584.